The van der Waals surface area contributed by atoms with Gasteiger partial charge in [-0.15, -0.1) is 10.2 Å². The summed E-state index contributed by atoms with van der Waals surface area (Å²) in [6.45, 7) is 4.25. The molecule has 1 aliphatic heterocycles. The lowest BCUT2D eigenvalue weighted by Crippen LogP contribution is -2.40. The number of urea groups is 1. The van der Waals surface area contributed by atoms with E-state index in [1.807, 2.05) is 13.8 Å². The highest BCUT2D eigenvalue weighted by Crippen LogP contribution is 2.26. The predicted molar refractivity (Wildman–Crippen MR) is 96.1 cm³/mol. The Hall–Kier alpha value is -2.97. The number of aryl methyl sites for hydroxylation is 1. The number of nitrogens with one attached hydrogen (secondary N) is 3. The molecule has 0 radical (unpaired) electrons. The first kappa shape index (κ1) is 18.8. The van der Waals surface area contributed by atoms with Crippen molar-refractivity contribution < 1.29 is 14.0 Å². The quantitative estimate of drug-likeness (QED) is 0.712. The molecule has 0 aliphatic carbocycles. The molecule has 1 aliphatic rings. The Balaban J connectivity index is 1.61. The van der Waals surface area contributed by atoms with E-state index in [1.165, 1.54) is 12.1 Å². The molecule has 3 N–H and O–H groups in total. The first-order valence-electron chi connectivity index (χ1n) is 8.93. The topological polar surface area (TPSA) is 101 Å². The van der Waals surface area contributed by atoms with Crippen LogP contribution in [0.5, 0.6) is 0 Å². The van der Waals surface area contributed by atoms with Gasteiger partial charge < -0.3 is 20.5 Å². The van der Waals surface area contributed by atoms with Crippen LogP contribution in [0.25, 0.3) is 0 Å². The van der Waals surface area contributed by atoms with Crippen LogP contribution >= 0.6 is 0 Å². The van der Waals surface area contributed by atoms with Gasteiger partial charge in [0, 0.05) is 19.0 Å². The van der Waals surface area contributed by atoms with Crippen LogP contribution in [0.4, 0.5) is 9.18 Å². The van der Waals surface area contributed by atoms with Gasteiger partial charge in [0.25, 0.3) is 0 Å². The molecule has 0 bridgehead atoms. The minimum atomic E-state index is -0.416. The fourth-order valence-electron chi connectivity index (χ4n) is 3.04. The number of nitrogens with zero attached hydrogens (tertiary/aromatic N) is 3. The zero-order valence-corrected chi connectivity index (χ0v) is 15.3. The highest BCUT2D eigenvalue weighted by atomic mass is 19.1. The van der Waals surface area contributed by atoms with Crippen LogP contribution in [0.3, 0.4) is 0 Å². The van der Waals surface area contributed by atoms with E-state index in [4.69, 9.17) is 0 Å². The van der Waals surface area contributed by atoms with Crippen LogP contribution in [-0.4, -0.2) is 32.7 Å². The monoisotopic (exact) mass is 374 g/mol. The summed E-state index contributed by atoms with van der Waals surface area (Å²) in [6, 6.07) is 5.31. The predicted octanol–water partition coefficient (Wildman–Crippen LogP) is 1.43. The molecule has 0 saturated heterocycles. The second kappa shape index (κ2) is 8.15. The maximum Gasteiger partial charge on any atom is 0.315 e. The molecule has 27 heavy (non-hydrogen) atoms. The Kier molecular flexibility index (Phi) is 5.68. The molecular weight excluding hydrogens is 351 g/mol. The molecule has 0 spiro atoms. The number of amides is 3. The summed E-state index contributed by atoms with van der Waals surface area (Å²) in [5.41, 5.74) is 0.818. The standard InChI is InChI=1S/C18H23FN6O2/c1-11(2)22-18(27)21-10-16-24-23-15-8-7-14(25(15)16)17(26)20-9-12-3-5-13(19)6-4-12/h3-6,11,14H,7-10H2,1-2H3,(H,20,26)(H2,21,22,27). The lowest BCUT2D eigenvalue weighted by molar-refractivity contribution is -0.124. The number of carbonyl (C=O) groups excluding carboxylic acids is 2. The van der Waals surface area contributed by atoms with Gasteiger partial charge in [0.05, 0.1) is 6.54 Å². The van der Waals surface area contributed by atoms with Gasteiger partial charge in [-0.25, -0.2) is 9.18 Å². The van der Waals surface area contributed by atoms with E-state index in [1.54, 1.807) is 16.7 Å². The van der Waals surface area contributed by atoms with E-state index in [-0.39, 0.29) is 30.3 Å². The van der Waals surface area contributed by atoms with Crippen molar-refractivity contribution in [1.29, 1.82) is 0 Å². The highest BCUT2D eigenvalue weighted by Gasteiger charge is 2.32. The van der Waals surface area contributed by atoms with Crippen molar-refractivity contribution >= 4 is 11.9 Å². The fraction of sp³-hybridized carbons (Fsp3) is 0.444. The third-order valence-corrected chi connectivity index (χ3v) is 4.30. The highest BCUT2D eigenvalue weighted by molar-refractivity contribution is 5.81. The number of carbonyl (C=O) groups is 2. The third kappa shape index (κ3) is 4.60. The molecule has 3 rings (SSSR count). The molecule has 144 valence electrons. The minimum Gasteiger partial charge on any atom is -0.350 e. The Morgan fingerprint density at radius 3 is 2.63 bits per heavy atom. The second-order valence-corrected chi connectivity index (χ2v) is 6.78. The van der Waals surface area contributed by atoms with Gasteiger partial charge in [0.1, 0.15) is 17.7 Å². The number of halogens is 1. The molecular formula is C18H23FN6O2. The van der Waals surface area contributed by atoms with Crippen LogP contribution < -0.4 is 16.0 Å². The molecule has 1 aromatic carbocycles. The first-order chi connectivity index (χ1) is 12.9. The second-order valence-electron chi connectivity index (χ2n) is 6.78. The van der Waals surface area contributed by atoms with Gasteiger partial charge in [-0.05, 0) is 38.0 Å². The van der Waals surface area contributed by atoms with Crippen LogP contribution in [0.15, 0.2) is 24.3 Å². The molecule has 1 unspecified atom stereocenters. The number of hydrogen-bond acceptors (Lipinski definition) is 4. The Labute approximate surface area is 156 Å². The van der Waals surface area contributed by atoms with Gasteiger partial charge in [-0.3, -0.25) is 4.79 Å². The van der Waals surface area contributed by atoms with E-state index < -0.39 is 6.04 Å². The van der Waals surface area contributed by atoms with E-state index in [0.29, 0.717) is 25.2 Å². The smallest absolute Gasteiger partial charge is 0.315 e. The summed E-state index contributed by atoms with van der Waals surface area (Å²) in [6.07, 6.45) is 1.28. The normalized spacial score (nSPS) is 15.5. The molecule has 1 aromatic heterocycles. The van der Waals surface area contributed by atoms with Gasteiger partial charge >= 0.3 is 6.03 Å². The summed E-state index contributed by atoms with van der Waals surface area (Å²) in [5.74, 6) is 0.820. The molecule has 8 nitrogen and oxygen atoms in total. The van der Waals surface area contributed by atoms with E-state index in [0.717, 1.165) is 11.4 Å². The van der Waals surface area contributed by atoms with Gasteiger partial charge in [-0.2, -0.15) is 0 Å². The molecule has 2 aromatic rings. The maximum absolute atomic E-state index is 13.0. The number of aromatic nitrogens is 3. The SMILES string of the molecule is CC(C)NC(=O)NCc1nnc2n1C(C(=O)NCc1ccc(F)cc1)CC2. The van der Waals surface area contributed by atoms with E-state index >= 15 is 0 Å². The summed E-state index contributed by atoms with van der Waals surface area (Å²) in [4.78, 5) is 24.4. The minimum absolute atomic E-state index is 0.0269. The Morgan fingerprint density at radius 2 is 1.93 bits per heavy atom. The average Bonchev–Trinajstić information content (AvgIpc) is 3.21. The van der Waals surface area contributed by atoms with Crippen LogP contribution in [0, 0.1) is 5.82 Å². The fourth-order valence-corrected chi connectivity index (χ4v) is 3.04. The van der Waals surface area contributed by atoms with E-state index in [9.17, 15) is 14.0 Å². The molecule has 3 amide bonds. The Bertz CT molecular complexity index is 818. The molecule has 0 saturated carbocycles. The summed E-state index contributed by atoms with van der Waals surface area (Å²) in [7, 11) is 0. The third-order valence-electron chi connectivity index (χ3n) is 4.30. The molecule has 9 heteroatoms. The van der Waals surface area contributed by atoms with Gasteiger partial charge in [0.2, 0.25) is 5.91 Å². The maximum atomic E-state index is 13.0. The lowest BCUT2D eigenvalue weighted by atomic mass is 10.2. The molecule has 1 atom stereocenters. The van der Waals surface area contributed by atoms with Crippen molar-refractivity contribution in [2.45, 2.75) is 51.9 Å². The number of fused-ring (bicyclic) bond motifs is 1. The Morgan fingerprint density at radius 1 is 1.19 bits per heavy atom. The number of hydrogen-bond donors (Lipinski definition) is 3. The van der Waals surface area contributed by atoms with Gasteiger partial charge in [-0.1, -0.05) is 12.1 Å². The van der Waals surface area contributed by atoms with Gasteiger partial charge in [0.15, 0.2) is 5.82 Å². The van der Waals surface area contributed by atoms with Crippen LogP contribution in [0.2, 0.25) is 0 Å². The van der Waals surface area contributed by atoms with Crippen molar-refractivity contribution in [1.82, 2.24) is 30.7 Å². The number of rotatable bonds is 6. The summed E-state index contributed by atoms with van der Waals surface area (Å²) >= 11 is 0. The zero-order chi connectivity index (χ0) is 19.4. The van der Waals surface area contributed by atoms with Crippen molar-refractivity contribution in [3.8, 4) is 0 Å². The van der Waals surface area contributed by atoms with E-state index in [2.05, 4.69) is 26.1 Å². The van der Waals surface area contributed by atoms with Crippen molar-refractivity contribution in [2.75, 3.05) is 0 Å². The van der Waals surface area contributed by atoms with Crippen LogP contribution in [0.1, 0.15) is 43.5 Å². The first-order valence-corrected chi connectivity index (χ1v) is 8.93. The lowest BCUT2D eigenvalue weighted by Gasteiger charge is -2.16. The summed E-state index contributed by atoms with van der Waals surface area (Å²) < 4.78 is 14.8. The largest absolute Gasteiger partial charge is 0.350 e. The van der Waals surface area contributed by atoms with Crippen LogP contribution in [-0.2, 0) is 24.3 Å². The van der Waals surface area contributed by atoms with Crippen molar-refractivity contribution in [3.63, 3.8) is 0 Å². The van der Waals surface area contributed by atoms with Crippen molar-refractivity contribution in [3.05, 3.63) is 47.3 Å². The summed E-state index contributed by atoms with van der Waals surface area (Å²) in [5, 5.41) is 16.5. The number of benzene rings is 1. The average molecular weight is 374 g/mol. The molecule has 2 heterocycles. The van der Waals surface area contributed by atoms with Crippen molar-refractivity contribution in [2.24, 2.45) is 0 Å². The zero-order valence-electron chi connectivity index (χ0n) is 15.3. The molecule has 0 fully saturated rings.